The van der Waals surface area contributed by atoms with Crippen molar-refractivity contribution in [2.24, 2.45) is 0 Å². The van der Waals surface area contributed by atoms with Gasteiger partial charge in [-0.2, -0.15) is 0 Å². The second-order valence-electron chi connectivity index (χ2n) is 5.35. The van der Waals surface area contributed by atoms with E-state index in [0.29, 0.717) is 11.1 Å². The van der Waals surface area contributed by atoms with Crippen LogP contribution in [0.3, 0.4) is 0 Å². The highest BCUT2D eigenvalue weighted by Gasteiger charge is 2.22. The lowest BCUT2D eigenvalue weighted by Gasteiger charge is -2.08. The van der Waals surface area contributed by atoms with Gasteiger partial charge in [-0.05, 0) is 18.1 Å². The zero-order chi connectivity index (χ0) is 17.8. The van der Waals surface area contributed by atoms with Crippen molar-refractivity contribution in [3.8, 4) is 22.3 Å². The Balaban J connectivity index is 2.21. The number of nitrogens with one attached hydrogen (secondary N) is 1. The number of benzene rings is 2. The maximum absolute atomic E-state index is 12.3. The van der Waals surface area contributed by atoms with Crippen molar-refractivity contribution in [1.82, 2.24) is 4.98 Å². The van der Waals surface area contributed by atoms with Gasteiger partial charge in [0.25, 0.3) is 5.69 Å². The highest BCUT2D eigenvalue weighted by atomic mass is 16.6. The van der Waals surface area contributed by atoms with E-state index in [1.807, 2.05) is 30.3 Å². The topological polar surface area (TPSA) is 85.2 Å². The fourth-order valence-corrected chi connectivity index (χ4v) is 2.71. The lowest BCUT2D eigenvalue weighted by Crippen LogP contribution is -2.06. The number of carbonyl (C=O) groups is 1. The molecule has 2 aromatic carbocycles. The van der Waals surface area contributed by atoms with Gasteiger partial charge in [0.15, 0.2) is 0 Å². The highest BCUT2D eigenvalue weighted by Crippen LogP contribution is 2.36. The molecule has 126 valence electrons. The number of ether oxygens (including phenoxy) is 1. The number of nitro benzene ring substituents is 1. The van der Waals surface area contributed by atoms with Crippen LogP contribution in [-0.4, -0.2) is 22.5 Å². The van der Waals surface area contributed by atoms with Gasteiger partial charge >= 0.3 is 5.97 Å². The first-order chi connectivity index (χ1) is 12.1. The Kier molecular flexibility index (Phi) is 4.61. The Morgan fingerprint density at radius 2 is 1.84 bits per heavy atom. The number of H-pyrrole nitrogens is 1. The zero-order valence-corrected chi connectivity index (χ0v) is 13.6. The van der Waals surface area contributed by atoms with Gasteiger partial charge < -0.3 is 9.72 Å². The lowest BCUT2D eigenvalue weighted by molar-refractivity contribution is -0.384. The Morgan fingerprint density at radius 1 is 1.12 bits per heavy atom. The van der Waals surface area contributed by atoms with Crippen molar-refractivity contribution in [3.05, 3.63) is 76.6 Å². The summed E-state index contributed by atoms with van der Waals surface area (Å²) in [5.74, 6) is -0.494. The Labute approximate surface area is 144 Å². The summed E-state index contributed by atoms with van der Waals surface area (Å²) in [5, 5.41) is 11.1. The van der Waals surface area contributed by atoms with E-state index in [0.717, 1.165) is 11.1 Å². The molecule has 0 aliphatic carbocycles. The molecule has 0 saturated carbocycles. The minimum absolute atomic E-state index is 0.0347. The number of hydrogen-bond donors (Lipinski definition) is 1. The summed E-state index contributed by atoms with van der Waals surface area (Å²) in [5.41, 5.74) is 3.10. The van der Waals surface area contributed by atoms with Crippen molar-refractivity contribution >= 4 is 11.7 Å². The van der Waals surface area contributed by atoms with E-state index >= 15 is 0 Å². The van der Waals surface area contributed by atoms with Crippen LogP contribution in [0.4, 0.5) is 5.69 Å². The average Bonchev–Trinajstić information content (AvgIpc) is 3.08. The lowest BCUT2D eigenvalue weighted by atomic mass is 9.96. The van der Waals surface area contributed by atoms with Crippen LogP contribution in [0.1, 0.15) is 17.4 Å². The number of aromatic nitrogens is 1. The standard InChI is InChI=1S/C19H16N2O4/c1-2-25-19(22)18-17(14-9-6-10-15(11-14)21(23)24)16(12-20-18)13-7-4-3-5-8-13/h3-12,20H,2H2,1H3. The minimum atomic E-state index is -0.494. The first kappa shape index (κ1) is 16.4. The smallest absolute Gasteiger partial charge is 0.355 e. The first-order valence-corrected chi connectivity index (χ1v) is 7.80. The molecule has 1 N–H and O–H groups in total. The molecule has 0 spiro atoms. The van der Waals surface area contributed by atoms with E-state index in [9.17, 15) is 14.9 Å². The normalized spacial score (nSPS) is 10.4. The van der Waals surface area contributed by atoms with Gasteiger partial charge in [0.2, 0.25) is 0 Å². The van der Waals surface area contributed by atoms with Gasteiger partial charge in [-0.3, -0.25) is 10.1 Å². The van der Waals surface area contributed by atoms with E-state index in [-0.39, 0.29) is 18.0 Å². The number of rotatable bonds is 5. The van der Waals surface area contributed by atoms with Gasteiger partial charge in [-0.25, -0.2) is 4.79 Å². The highest BCUT2D eigenvalue weighted by molar-refractivity contribution is 6.01. The summed E-state index contributed by atoms with van der Waals surface area (Å²) in [7, 11) is 0. The predicted octanol–water partition coefficient (Wildman–Crippen LogP) is 4.43. The first-order valence-electron chi connectivity index (χ1n) is 7.80. The predicted molar refractivity (Wildman–Crippen MR) is 94.3 cm³/mol. The van der Waals surface area contributed by atoms with Crippen LogP contribution >= 0.6 is 0 Å². The van der Waals surface area contributed by atoms with Crippen LogP contribution in [-0.2, 0) is 4.74 Å². The van der Waals surface area contributed by atoms with Gasteiger partial charge in [-0.15, -0.1) is 0 Å². The molecule has 6 heteroatoms. The number of aromatic amines is 1. The molecular weight excluding hydrogens is 320 g/mol. The molecule has 0 aliphatic heterocycles. The third-order valence-electron chi connectivity index (χ3n) is 3.79. The summed E-state index contributed by atoms with van der Waals surface area (Å²) in [6.07, 6.45) is 1.72. The molecule has 3 aromatic rings. The molecule has 25 heavy (non-hydrogen) atoms. The van der Waals surface area contributed by atoms with Crippen molar-refractivity contribution in [1.29, 1.82) is 0 Å². The van der Waals surface area contributed by atoms with E-state index in [4.69, 9.17) is 4.74 Å². The molecule has 0 saturated heterocycles. The molecule has 6 nitrogen and oxygen atoms in total. The fraction of sp³-hybridized carbons (Fsp3) is 0.105. The van der Waals surface area contributed by atoms with E-state index in [1.165, 1.54) is 12.1 Å². The Morgan fingerprint density at radius 3 is 2.52 bits per heavy atom. The van der Waals surface area contributed by atoms with Crippen molar-refractivity contribution in [3.63, 3.8) is 0 Å². The third kappa shape index (κ3) is 3.28. The third-order valence-corrected chi connectivity index (χ3v) is 3.79. The molecule has 1 aromatic heterocycles. The molecule has 0 bridgehead atoms. The van der Waals surface area contributed by atoms with Crippen molar-refractivity contribution < 1.29 is 14.5 Å². The molecule has 0 aliphatic rings. The van der Waals surface area contributed by atoms with Gasteiger partial charge in [0.05, 0.1) is 11.5 Å². The van der Waals surface area contributed by atoms with Gasteiger partial charge in [0.1, 0.15) is 5.69 Å². The zero-order valence-electron chi connectivity index (χ0n) is 13.6. The van der Waals surface area contributed by atoms with Crippen LogP contribution in [0, 0.1) is 10.1 Å². The van der Waals surface area contributed by atoms with Crippen LogP contribution < -0.4 is 0 Å². The molecule has 0 fully saturated rings. The summed E-state index contributed by atoms with van der Waals surface area (Å²) in [6, 6.07) is 15.7. The van der Waals surface area contributed by atoms with E-state index < -0.39 is 10.9 Å². The van der Waals surface area contributed by atoms with Crippen LogP contribution in [0.5, 0.6) is 0 Å². The number of non-ortho nitro benzene ring substituents is 1. The van der Waals surface area contributed by atoms with Gasteiger partial charge in [0, 0.05) is 29.5 Å². The fourth-order valence-electron chi connectivity index (χ4n) is 2.71. The van der Waals surface area contributed by atoms with Crippen LogP contribution in [0.2, 0.25) is 0 Å². The van der Waals surface area contributed by atoms with Crippen LogP contribution in [0.25, 0.3) is 22.3 Å². The quantitative estimate of drug-likeness (QED) is 0.424. The Hall–Kier alpha value is -3.41. The summed E-state index contributed by atoms with van der Waals surface area (Å²) < 4.78 is 5.11. The SMILES string of the molecule is CCOC(=O)c1[nH]cc(-c2ccccc2)c1-c1cccc([N+](=O)[O-])c1. The Bertz CT molecular complexity index is 916. The molecule has 0 unspecified atom stereocenters. The average molecular weight is 336 g/mol. The van der Waals surface area contributed by atoms with E-state index in [2.05, 4.69) is 4.98 Å². The second-order valence-corrected chi connectivity index (χ2v) is 5.35. The number of hydrogen-bond acceptors (Lipinski definition) is 4. The van der Waals surface area contributed by atoms with Gasteiger partial charge in [-0.1, -0.05) is 42.5 Å². The minimum Gasteiger partial charge on any atom is -0.461 e. The molecular formula is C19H16N2O4. The molecule has 1 heterocycles. The molecule has 0 radical (unpaired) electrons. The molecule has 0 atom stereocenters. The molecule has 3 rings (SSSR count). The number of carbonyl (C=O) groups excluding carboxylic acids is 1. The maximum atomic E-state index is 12.3. The monoisotopic (exact) mass is 336 g/mol. The molecule has 0 amide bonds. The number of nitrogens with zero attached hydrogens (tertiary/aromatic N) is 1. The number of nitro groups is 1. The number of esters is 1. The van der Waals surface area contributed by atoms with Crippen molar-refractivity contribution in [2.45, 2.75) is 6.92 Å². The van der Waals surface area contributed by atoms with E-state index in [1.54, 1.807) is 25.3 Å². The summed E-state index contributed by atoms with van der Waals surface area (Å²) in [4.78, 5) is 25.9. The van der Waals surface area contributed by atoms with Crippen LogP contribution in [0.15, 0.2) is 60.8 Å². The second kappa shape index (κ2) is 7.00. The largest absolute Gasteiger partial charge is 0.461 e. The summed E-state index contributed by atoms with van der Waals surface area (Å²) in [6.45, 7) is 1.97. The maximum Gasteiger partial charge on any atom is 0.355 e. The van der Waals surface area contributed by atoms with Crippen molar-refractivity contribution in [2.75, 3.05) is 6.61 Å². The summed E-state index contributed by atoms with van der Waals surface area (Å²) >= 11 is 0.